The third kappa shape index (κ3) is 4.24. The lowest BCUT2D eigenvalue weighted by Crippen LogP contribution is -2.25. The van der Waals surface area contributed by atoms with E-state index in [-0.39, 0.29) is 23.9 Å². The Labute approximate surface area is 177 Å². The van der Waals surface area contributed by atoms with Crippen LogP contribution in [0, 0.1) is 0 Å². The summed E-state index contributed by atoms with van der Waals surface area (Å²) >= 11 is 1.19. The van der Waals surface area contributed by atoms with Gasteiger partial charge in [-0.25, -0.2) is 4.98 Å². The predicted octanol–water partition coefficient (Wildman–Crippen LogP) is 3.36. The van der Waals surface area contributed by atoms with Crippen LogP contribution < -0.4 is 5.56 Å². The molecule has 2 aromatic carbocycles. The Hall–Kier alpha value is -3.10. The standard InChI is InChI=1S/C22H21N3O4S/c1-28-12-11-25-21(27)20-19(16-9-5-6-10-17(16)23-20)24-22(25)30-14-18(26)29-13-15-7-3-2-4-8-15/h2-10,23H,11-14H2,1H3. The Morgan fingerprint density at radius 1 is 1.13 bits per heavy atom. The van der Waals surface area contributed by atoms with Crippen LogP contribution in [-0.2, 0) is 27.4 Å². The average Bonchev–Trinajstić information content (AvgIpc) is 3.15. The highest BCUT2D eigenvalue weighted by Gasteiger charge is 2.17. The molecule has 0 aliphatic rings. The number of thioether (sulfide) groups is 1. The van der Waals surface area contributed by atoms with E-state index in [9.17, 15) is 9.59 Å². The first-order chi connectivity index (χ1) is 14.7. The Balaban J connectivity index is 1.58. The van der Waals surface area contributed by atoms with Crippen LogP contribution in [-0.4, -0.2) is 40.0 Å². The molecule has 30 heavy (non-hydrogen) atoms. The summed E-state index contributed by atoms with van der Waals surface area (Å²) in [6.45, 7) is 0.917. The van der Waals surface area contributed by atoms with Crippen molar-refractivity contribution in [2.24, 2.45) is 0 Å². The Bertz CT molecular complexity index is 1230. The monoisotopic (exact) mass is 423 g/mol. The zero-order valence-electron chi connectivity index (χ0n) is 16.5. The van der Waals surface area contributed by atoms with Gasteiger partial charge in [0.1, 0.15) is 17.6 Å². The Morgan fingerprint density at radius 2 is 1.90 bits per heavy atom. The molecule has 0 unspecified atom stereocenters. The molecule has 0 amide bonds. The fourth-order valence-corrected chi connectivity index (χ4v) is 3.99. The van der Waals surface area contributed by atoms with Gasteiger partial charge in [-0.2, -0.15) is 0 Å². The zero-order valence-corrected chi connectivity index (χ0v) is 17.3. The SMILES string of the molecule is COCCn1c(SCC(=O)OCc2ccccc2)nc2c([nH]c3ccccc32)c1=O. The number of carbonyl (C=O) groups is 1. The second-order valence-corrected chi connectivity index (χ2v) is 7.62. The van der Waals surface area contributed by atoms with E-state index in [4.69, 9.17) is 14.5 Å². The van der Waals surface area contributed by atoms with Crippen molar-refractivity contribution >= 4 is 39.7 Å². The minimum atomic E-state index is -0.365. The number of hydrogen-bond acceptors (Lipinski definition) is 6. The summed E-state index contributed by atoms with van der Waals surface area (Å²) in [5.74, 6) is -0.310. The van der Waals surface area contributed by atoms with Gasteiger partial charge in [0.2, 0.25) is 0 Å². The number of benzene rings is 2. The summed E-state index contributed by atoms with van der Waals surface area (Å²) in [4.78, 5) is 33.2. The number of para-hydroxylation sites is 1. The summed E-state index contributed by atoms with van der Waals surface area (Å²) < 4.78 is 12.0. The number of rotatable bonds is 8. The quantitative estimate of drug-likeness (QED) is 0.266. The van der Waals surface area contributed by atoms with Gasteiger partial charge in [-0.15, -0.1) is 0 Å². The normalized spacial score (nSPS) is 11.2. The van der Waals surface area contributed by atoms with E-state index in [0.717, 1.165) is 16.5 Å². The van der Waals surface area contributed by atoms with Crippen LogP contribution in [0.1, 0.15) is 5.56 Å². The van der Waals surface area contributed by atoms with Crippen LogP contribution in [0.2, 0.25) is 0 Å². The number of nitrogens with one attached hydrogen (secondary N) is 1. The highest BCUT2D eigenvalue weighted by Crippen LogP contribution is 2.24. The first-order valence-electron chi connectivity index (χ1n) is 9.50. The number of H-pyrrole nitrogens is 1. The summed E-state index contributed by atoms with van der Waals surface area (Å²) in [7, 11) is 1.58. The number of ether oxygens (including phenoxy) is 2. The van der Waals surface area contributed by atoms with E-state index >= 15 is 0 Å². The lowest BCUT2D eigenvalue weighted by molar-refractivity contribution is -0.141. The summed E-state index contributed by atoms with van der Waals surface area (Å²) in [6.07, 6.45) is 0. The number of fused-ring (bicyclic) bond motifs is 3. The van der Waals surface area contributed by atoms with Gasteiger partial charge >= 0.3 is 5.97 Å². The highest BCUT2D eigenvalue weighted by atomic mass is 32.2. The number of aromatic amines is 1. The molecule has 4 rings (SSSR count). The first-order valence-corrected chi connectivity index (χ1v) is 10.5. The fourth-order valence-electron chi connectivity index (χ4n) is 3.17. The molecule has 0 aliphatic heterocycles. The van der Waals surface area contributed by atoms with E-state index in [2.05, 4.69) is 4.98 Å². The second-order valence-electron chi connectivity index (χ2n) is 6.67. The highest BCUT2D eigenvalue weighted by molar-refractivity contribution is 7.99. The summed E-state index contributed by atoms with van der Waals surface area (Å²) in [5.41, 5.74) is 2.63. The van der Waals surface area contributed by atoms with Gasteiger partial charge in [-0.3, -0.25) is 14.2 Å². The van der Waals surface area contributed by atoms with Crippen LogP contribution in [0.5, 0.6) is 0 Å². The summed E-state index contributed by atoms with van der Waals surface area (Å²) in [6, 6.07) is 17.1. The van der Waals surface area contributed by atoms with Gasteiger partial charge in [-0.05, 0) is 11.6 Å². The number of aromatic nitrogens is 3. The smallest absolute Gasteiger partial charge is 0.316 e. The van der Waals surface area contributed by atoms with Gasteiger partial charge in [0, 0.05) is 18.0 Å². The first kappa shape index (κ1) is 20.2. The average molecular weight is 423 g/mol. The second kappa shape index (κ2) is 9.15. The molecule has 0 aliphatic carbocycles. The fraction of sp³-hybridized carbons (Fsp3) is 0.227. The molecule has 2 heterocycles. The molecule has 0 atom stereocenters. The summed E-state index contributed by atoms with van der Waals surface area (Å²) in [5, 5.41) is 1.34. The van der Waals surface area contributed by atoms with Gasteiger partial charge in [0.25, 0.3) is 5.56 Å². The van der Waals surface area contributed by atoms with Gasteiger partial charge in [-0.1, -0.05) is 60.3 Å². The molecule has 8 heteroatoms. The van der Waals surface area contributed by atoms with Gasteiger partial charge in [0.05, 0.1) is 18.9 Å². The van der Waals surface area contributed by atoms with Crippen molar-refractivity contribution in [3.8, 4) is 0 Å². The van der Waals surface area contributed by atoms with Crippen molar-refractivity contribution in [3.63, 3.8) is 0 Å². The molecule has 0 saturated heterocycles. The predicted molar refractivity (Wildman–Crippen MR) is 117 cm³/mol. The minimum Gasteiger partial charge on any atom is -0.460 e. The molecule has 1 N–H and O–H groups in total. The largest absolute Gasteiger partial charge is 0.460 e. The molecule has 0 radical (unpaired) electrons. The number of carbonyl (C=O) groups excluding carboxylic acids is 1. The molecule has 4 aromatic rings. The zero-order chi connectivity index (χ0) is 20.9. The topological polar surface area (TPSA) is 86.2 Å². The van der Waals surface area contributed by atoms with E-state index in [1.807, 2.05) is 54.6 Å². The molecular formula is C22H21N3O4S. The molecule has 0 fully saturated rings. The molecule has 0 saturated carbocycles. The van der Waals surface area contributed by atoms with E-state index < -0.39 is 0 Å². The maximum Gasteiger partial charge on any atom is 0.316 e. The van der Waals surface area contributed by atoms with E-state index in [1.165, 1.54) is 16.3 Å². The van der Waals surface area contributed by atoms with Crippen LogP contribution >= 0.6 is 11.8 Å². The molecule has 0 bridgehead atoms. The van der Waals surface area contributed by atoms with Crippen molar-refractivity contribution in [2.45, 2.75) is 18.3 Å². The van der Waals surface area contributed by atoms with Gasteiger partial charge < -0.3 is 14.5 Å². The third-order valence-corrected chi connectivity index (χ3v) is 5.61. The molecule has 7 nitrogen and oxygen atoms in total. The van der Waals surface area contributed by atoms with Crippen LogP contribution in [0.4, 0.5) is 0 Å². The Morgan fingerprint density at radius 3 is 2.70 bits per heavy atom. The maximum atomic E-state index is 13.1. The van der Waals surface area contributed by atoms with Crippen molar-refractivity contribution in [3.05, 3.63) is 70.5 Å². The number of nitrogens with zero attached hydrogens (tertiary/aromatic N) is 2. The minimum absolute atomic E-state index is 0.0557. The van der Waals surface area contributed by atoms with E-state index in [1.54, 1.807) is 7.11 Å². The number of esters is 1. The molecule has 154 valence electrons. The van der Waals surface area contributed by atoms with Crippen molar-refractivity contribution in [1.82, 2.24) is 14.5 Å². The van der Waals surface area contributed by atoms with E-state index in [0.29, 0.717) is 29.3 Å². The lowest BCUT2D eigenvalue weighted by Gasteiger charge is -2.11. The van der Waals surface area contributed by atoms with Crippen molar-refractivity contribution in [1.29, 1.82) is 0 Å². The van der Waals surface area contributed by atoms with Gasteiger partial charge in [0.15, 0.2) is 5.16 Å². The number of methoxy groups -OCH3 is 1. The van der Waals surface area contributed by atoms with Crippen molar-refractivity contribution in [2.75, 3.05) is 19.5 Å². The lowest BCUT2D eigenvalue weighted by atomic mass is 10.2. The third-order valence-electron chi connectivity index (χ3n) is 4.66. The number of hydrogen-bond donors (Lipinski definition) is 1. The van der Waals surface area contributed by atoms with Crippen LogP contribution in [0.15, 0.2) is 64.5 Å². The molecular weight excluding hydrogens is 402 g/mol. The van der Waals surface area contributed by atoms with Crippen molar-refractivity contribution < 1.29 is 14.3 Å². The van der Waals surface area contributed by atoms with Crippen LogP contribution in [0.25, 0.3) is 21.9 Å². The molecule has 0 spiro atoms. The van der Waals surface area contributed by atoms with Crippen LogP contribution in [0.3, 0.4) is 0 Å². The Kier molecular flexibility index (Phi) is 6.15. The maximum absolute atomic E-state index is 13.1. The molecule has 2 aromatic heterocycles.